The van der Waals surface area contributed by atoms with Crippen LogP contribution in [0.5, 0.6) is 0 Å². The highest BCUT2D eigenvalue weighted by Gasteiger charge is 2.26. The Labute approximate surface area is 210 Å². The lowest BCUT2D eigenvalue weighted by atomic mass is 10.2. The Morgan fingerprint density at radius 2 is 1.63 bits per heavy atom. The van der Waals surface area contributed by atoms with E-state index in [1.165, 1.54) is 5.69 Å². The van der Waals surface area contributed by atoms with Gasteiger partial charge < -0.3 is 25.0 Å². The van der Waals surface area contributed by atoms with Gasteiger partial charge in [0.05, 0.1) is 11.4 Å². The number of hydrogen-bond acceptors (Lipinski definition) is 8. The summed E-state index contributed by atoms with van der Waals surface area (Å²) in [6.07, 6.45) is 4.03. The van der Waals surface area contributed by atoms with Crippen molar-refractivity contribution in [1.29, 1.82) is 0 Å². The van der Waals surface area contributed by atoms with Crippen LogP contribution in [-0.2, 0) is 11.4 Å². The van der Waals surface area contributed by atoms with Crippen LogP contribution in [0.3, 0.4) is 0 Å². The summed E-state index contributed by atoms with van der Waals surface area (Å²) in [5.41, 5.74) is 3.98. The van der Waals surface area contributed by atoms with Crippen molar-refractivity contribution in [2.45, 2.75) is 24.7 Å². The lowest BCUT2D eigenvalue weighted by molar-refractivity contribution is 0.313. The van der Waals surface area contributed by atoms with Gasteiger partial charge in [-0.15, -0.1) is 4.31 Å². The maximum atomic E-state index is 12.9. The normalized spacial score (nSPS) is 18.0. The first-order chi connectivity index (χ1) is 17.0. The van der Waals surface area contributed by atoms with E-state index in [4.69, 9.17) is 4.98 Å². The Morgan fingerprint density at radius 3 is 2.37 bits per heavy atom. The summed E-state index contributed by atoms with van der Waals surface area (Å²) < 4.78 is 14.9. The van der Waals surface area contributed by atoms with Crippen molar-refractivity contribution < 1.29 is 4.55 Å². The predicted octanol–water partition coefficient (Wildman–Crippen LogP) is 4.14. The van der Waals surface area contributed by atoms with Crippen molar-refractivity contribution in [2.75, 3.05) is 61.8 Å². The Bertz CT molecular complexity index is 1130. The summed E-state index contributed by atoms with van der Waals surface area (Å²) in [6, 6.07) is 16.2. The quantitative estimate of drug-likeness (QED) is 0.477. The predicted molar refractivity (Wildman–Crippen MR) is 143 cm³/mol. The Kier molecular flexibility index (Phi) is 7.38. The highest BCUT2D eigenvalue weighted by Crippen LogP contribution is 2.26. The topological polar surface area (TPSA) is 82.6 Å². The van der Waals surface area contributed by atoms with Crippen molar-refractivity contribution in [3.05, 3.63) is 60.3 Å². The van der Waals surface area contributed by atoms with Crippen molar-refractivity contribution >= 4 is 40.2 Å². The van der Waals surface area contributed by atoms with Gasteiger partial charge in [-0.2, -0.15) is 4.98 Å². The molecule has 0 radical (unpaired) electrons. The molecule has 2 aliphatic rings. The van der Waals surface area contributed by atoms with Gasteiger partial charge in [0.15, 0.2) is 4.90 Å². The lowest BCUT2D eigenvalue weighted by Gasteiger charge is -2.34. The Hall–Kier alpha value is -2.85. The molecule has 0 amide bonds. The minimum atomic E-state index is -1.13. The molecule has 2 N–H and O–H groups in total. The molecule has 1 unspecified atom stereocenters. The maximum absolute atomic E-state index is 12.9. The zero-order valence-electron chi connectivity index (χ0n) is 20.4. The highest BCUT2D eigenvalue weighted by molar-refractivity contribution is 7.89. The average Bonchev–Trinajstić information content (AvgIpc) is 3.42. The van der Waals surface area contributed by atoms with Crippen LogP contribution in [-0.4, -0.2) is 70.0 Å². The highest BCUT2D eigenvalue weighted by atomic mass is 32.2. The van der Waals surface area contributed by atoms with Crippen LogP contribution < -0.4 is 15.5 Å². The molecule has 3 heterocycles. The van der Waals surface area contributed by atoms with E-state index in [0.717, 1.165) is 79.8 Å². The standard InChI is InChI=1S/C26H33N7OS/c1-20-19-27-26(29-21-8-10-23(11-9-21)32-16-14-31(2)15-17-32)30-25(20)28-22-6-5-7-24(18-22)35(34)33-12-3-4-13-33/h5-11,18-19H,3-4,12-17H2,1-2H3,(H2,27,28,29,30). The van der Waals surface area contributed by atoms with Crippen molar-refractivity contribution in [3.63, 3.8) is 0 Å². The van der Waals surface area contributed by atoms with E-state index in [-0.39, 0.29) is 0 Å². The van der Waals surface area contributed by atoms with Gasteiger partial charge >= 0.3 is 0 Å². The fraction of sp³-hybridized carbons (Fsp3) is 0.385. The lowest BCUT2D eigenvalue weighted by Crippen LogP contribution is -2.44. The maximum Gasteiger partial charge on any atom is 0.229 e. The molecule has 2 aromatic carbocycles. The molecule has 2 saturated heterocycles. The molecule has 5 rings (SSSR count). The van der Waals surface area contributed by atoms with Crippen molar-refractivity contribution in [3.8, 4) is 0 Å². The molecule has 35 heavy (non-hydrogen) atoms. The van der Waals surface area contributed by atoms with Gasteiger partial charge in [0.1, 0.15) is 5.82 Å². The van der Waals surface area contributed by atoms with Crippen LogP contribution in [0.15, 0.2) is 59.6 Å². The second-order valence-electron chi connectivity index (χ2n) is 9.23. The minimum absolute atomic E-state index is 0.530. The molecule has 9 heteroatoms. The van der Waals surface area contributed by atoms with E-state index < -0.39 is 11.4 Å². The molecule has 1 aromatic heterocycles. The van der Waals surface area contributed by atoms with Gasteiger partial charge in [0, 0.05) is 74.2 Å². The zero-order chi connectivity index (χ0) is 24.2. The van der Waals surface area contributed by atoms with E-state index in [1.54, 1.807) is 0 Å². The number of rotatable bonds is 7. The third kappa shape index (κ3) is 5.87. The molecule has 1 atom stereocenters. The molecule has 8 nitrogen and oxygen atoms in total. The number of hydrogen-bond donors (Lipinski definition) is 2. The van der Waals surface area contributed by atoms with Crippen molar-refractivity contribution in [2.24, 2.45) is 0 Å². The molecule has 184 valence electrons. The van der Waals surface area contributed by atoms with Crippen LogP contribution >= 0.6 is 0 Å². The van der Waals surface area contributed by atoms with E-state index in [1.807, 2.05) is 41.7 Å². The van der Waals surface area contributed by atoms with Gasteiger partial charge in [0.25, 0.3) is 0 Å². The summed E-state index contributed by atoms with van der Waals surface area (Å²) in [4.78, 5) is 14.7. The van der Waals surface area contributed by atoms with Gasteiger partial charge in [-0.3, -0.25) is 0 Å². The molecular weight excluding hydrogens is 458 g/mol. The molecule has 0 spiro atoms. The summed E-state index contributed by atoms with van der Waals surface area (Å²) in [7, 11) is 2.17. The van der Waals surface area contributed by atoms with Crippen molar-refractivity contribution in [1.82, 2.24) is 19.2 Å². The van der Waals surface area contributed by atoms with Crippen LogP contribution in [0.1, 0.15) is 18.4 Å². The fourth-order valence-electron chi connectivity index (χ4n) is 4.40. The monoisotopic (exact) mass is 491 g/mol. The summed E-state index contributed by atoms with van der Waals surface area (Å²) in [5.74, 6) is 1.25. The number of nitrogens with one attached hydrogen (secondary N) is 2. The molecule has 0 aliphatic carbocycles. The van der Waals surface area contributed by atoms with Gasteiger partial charge in [0.2, 0.25) is 5.95 Å². The minimum Gasteiger partial charge on any atom is -0.593 e. The van der Waals surface area contributed by atoms with Crippen LogP contribution in [0, 0.1) is 6.92 Å². The molecule has 3 aromatic rings. The van der Waals surface area contributed by atoms with E-state index in [9.17, 15) is 4.55 Å². The number of aromatic nitrogens is 2. The number of anilines is 5. The summed E-state index contributed by atoms with van der Waals surface area (Å²) >= 11 is -1.13. The molecule has 2 fully saturated rings. The van der Waals surface area contributed by atoms with Crippen LogP contribution in [0.4, 0.5) is 28.8 Å². The van der Waals surface area contributed by atoms with Gasteiger partial charge in [-0.1, -0.05) is 6.07 Å². The smallest absolute Gasteiger partial charge is 0.229 e. The van der Waals surface area contributed by atoms with Gasteiger partial charge in [-0.25, -0.2) is 4.98 Å². The zero-order valence-corrected chi connectivity index (χ0v) is 21.2. The molecule has 0 bridgehead atoms. The molecular formula is C26H33N7OS. The number of aryl methyl sites for hydroxylation is 1. The first-order valence-corrected chi connectivity index (χ1v) is 13.3. The molecule has 0 saturated carbocycles. The van der Waals surface area contributed by atoms with Crippen LogP contribution in [0.2, 0.25) is 0 Å². The number of likely N-dealkylation sites (N-methyl/N-ethyl adjacent to an activating group) is 1. The van der Waals surface area contributed by atoms with Crippen LogP contribution in [0.25, 0.3) is 0 Å². The second kappa shape index (κ2) is 10.8. The van der Waals surface area contributed by atoms with E-state index in [0.29, 0.717) is 5.95 Å². The summed E-state index contributed by atoms with van der Waals surface area (Å²) in [6.45, 7) is 8.02. The average molecular weight is 492 g/mol. The first-order valence-electron chi connectivity index (χ1n) is 12.2. The van der Waals surface area contributed by atoms with Gasteiger partial charge in [-0.05, 0) is 63.2 Å². The second-order valence-corrected chi connectivity index (χ2v) is 10.7. The first kappa shape index (κ1) is 23.9. The largest absolute Gasteiger partial charge is 0.593 e. The third-order valence-electron chi connectivity index (χ3n) is 6.56. The Balaban J connectivity index is 1.26. The van der Waals surface area contributed by atoms with E-state index >= 15 is 0 Å². The number of benzene rings is 2. The number of piperazine rings is 1. The third-order valence-corrected chi connectivity index (χ3v) is 8.05. The summed E-state index contributed by atoms with van der Waals surface area (Å²) in [5, 5.41) is 6.70. The van der Waals surface area contributed by atoms with E-state index in [2.05, 4.69) is 56.7 Å². The SMILES string of the molecule is Cc1cnc(Nc2ccc(N3CCN(C)CC3)cc2)nc1Nc1cccc([S+]([O-])N2CCCC2)c1. The molecule has 2 aliphatic heterocycles. The number of nitrogens with zero attached hydrogens (tertiary/aromatic N) is 5. The fourth-order valence-corrected chi connectivity index (χ4v) is 5.71. The Morgan fingerprint density at radius 1 is 0.886 bits per heavy atom.